The van der Waals surface area contributed by atoms with Crippen LogP contribution in [0.3, 0.4) is 0 Å². The number of carbonyl (C=O) groups is 5. The average molecular weight is 749 g/mol. The molecule has 2 N–H and O–H groups in total. The molecule has 4 heterocycles. The zero-order valence-corrected chi connectivity index (χ0v) is 30.6. The lowest BCUT2D eigenvalue weighted by Gasteiger charge is -2.35. The Kier molecular flexibility index (Phi) is 9.85. The fourth-order valence-corrected chi connectivity index (χ4v) is 8.79. The molecule has 8 rings (SSSR count). The van der Waals surface area contributed by atoms with Crippen molar-refractivity contribution >= 4 is 46.8 Å². The third-order valence-corrected chi connectivity index (χ3v) is 11.9. The highest BCUT2D eigenvalue weighted by Crippen LogP contribution is 2.34. The molecule has 3 fully saturated rings. The molecule has 0 bridgehead atoms. The number of nitrogens with zero attached hydrogens (tertiary/aromatic N) is 4. The number of hydrogen-bond donors (Lipinski definition) is 2. The molecule has 2 saturated heterocycles. The van der Waals surface area contributed by atoms with Crippen molar-refractivity contribution in [3.8, 4) is 11.8 Å². The highest BCUT2D eigenvalue weighted by Gasteiger charge is 2.45. The molecule has 3 aromatic rings. The van der Waals surface area contributed by atoms with E-state index in [9.17, 15) is 24.0 Å². The first-order valence-electron chi connectivity index (χ1n) is 18.8. The van der Waals surface area contributed by atoms with Crippen molar-refractivity contribution in [2.24, 2.45) is 5.92 Å². The predicted octanol–water partition coefficient (Wildman–Crippen LogP) is 4.97. The van der Waals surface area contributed by atoms with Gasteiger partial charge in [-0.1, -0.05) is 17.7 Å². The van der Waals surface area contributed by atoms with Crippen molar-refractivity contribution in [3.05, 3.63) is 93.0 Å². The number of hydrogen-bond acceptors (Lipinski definition) is 9. The van der Waals surface area contributed by atoms with Crippen molar-refractivity contribution in [2.45, 2.75) is 82.6 Å². The number of anilines is 1. The standard InChI is InChI=1S/C41H41ClN6O6/c42-35-19-32(7-3-26(35)20-43)54-31-8-4-29(5-9-31)44-38(50)25-1-2-27-22-46(23-28(27)17-25)21-24-13-15-47(16-14-24)30-6-10-33-34(18-30)41(53)48(40(33)52)36-11-12-37(49)45-39(36)51/h1-3,6-7,10,17-19,24,29,31,36H,4-5,8-9,11-16,21-23H2,(H,44,50)(H,45,49,51). The zero-order valence-electron chi connectivity index (χ0n) is 29.8. The van der Waals surface area contributed by atoms with Crippen LogP contribution >= 0.6 is 11.6 Å². The Bertz CT molecular complexity index is 2080. The Hall–Kier alpha value is -5.25. The smallest absolute Gasteiger partial charge is 0.262 e. The first-order chi connectivity index (χ1) is 26.1. The van der Waals surface area contributed by atoms with E-state index in [1.165, 1.54) is 11.1 Å². The van der Waals surface area contributed by atoms with Crippen LogP contribution in [0.5, 0.6) is 5.75 Å². The van der Waals surface area contributed by atoms with Crippen LogP contribution in [0.4, 0.5) is 5.69 Å². The number of rotatable bonds is 8. The van der Waals surface area contributed by atoms with Crippen LogP contribution in [0.15, 0.2) is 54.6 Å². The first-order valence-corrected chi connectivity index (χ1v) is 19.1. The van der Waals surface area contributed by atoms with E-state index >= 15 is 0 Å². The normalized spacial score (nSPS) is 23.1. The molecule has 1 saturated carbocycles. The van der Waals surface area contributed by atoms with Gasteiger partial charge in [0, 0.05) is 62.5 Å². The SMILES string of the molecule is N#Cc1ccc(OC2CCC(NC(=O)c3ccc4c(c3)CN(CC3CCN(c5ccc6c(c5)C(=O)N(C5CCC(=O)NC5=O)C6=O)CC3)C4)CC2)cc1Cl. The molecule has 1 atom stereocenters. The molecule has 3 aromatic carbocycles. The van der Waals surface area contributed by atoms with Crippen LogP contribution in [0.2, 0.25) is 5.02 Å². The highest BCUT2D eigenvalue weighted by molar-refractivity contribution is 6.31. The van der Waals surface area contributed by atoms with E-state index in [2.05, 4.69) is 32.6 Å². The van der Waals surface area contributed by atoms with Crippen LogP contribution in [0.25, 0.3) is 0 Å². The predicted molar refractivity (Wildman–Crippen MR) is 199 cm³/mol. The summed E-state index contributed by atoms with van der Waals surface area (Å²) in [4.78, 5) is 69.4. The summed E-state index contributed by atoms with van der Waals surface area (Å²) in [6.45, 7) is 4.28. The number of carbonyl (C=O) groups excluding carboxylic acids is 5. The van der Waals surface area contributed by atoms with Crippen LogP contribution in [0, 0.1) is 17.2 Å². The molecule has 278 valence electrons. The maximum Gasteiger partial charge on any atom is 0.262 e. The minimum atomic E-state index is -0.976. The van der Waals surface area contributed by atoms with E-state index in [4.69, 9.17) is 21.6 Å². The zero-order chi connectivity index (χ0) is 37.5. The van der Waals surface area contributed by atoms with Gasteiger partial charge in [0.15, 0.2) is 0 Å². The summed E-state index contributed by atoms with van der Waals surface area (Å²) in [5.74, 6) is -0.877. The fraction of sp³-hybridized carbons (Fsp3) is 0.415. The topological polar surface area (TPSA) is 152 Å². The lowest BCUT2D eigenvalue weighted by Crippen LogP contribution is -2.54. The summed E-state index contributed by atoms with van der Waals surface area (Å²) in [5.41, 5.74) is 5.04. The van der Waals surface area contributed by atoms with Gasteiger partial charge in [-0.2, -0.15) is 5.26 Å². The second-order valence-corrected chi connectivity index (χ2v) is 15.5. The first kappa shape index (κ1) is 35.8. The van der Waals surface area contributed by atoms with Crippen LogP contribution in [-0.4, -0.2) is 77.2 Å². The molecule has 13 heteroatoms. The maximum atomic E-state index is 13.3. The van der Waals surface area contributed by atoms with Gasteiger partial charge < -0.3 is 15.0 Å². The van der Waals surface area contributed by atoms with Gasteiger partial charge in [-0.3, -0.25) is 39.1 Å². The van der Waals surface area contributed by atoms with Gasteiger partial charge in [0.05, 0.1) is 27.8 Å². The number of piperidine rings is 2. The number of fused-ring (bicyclic) bond motifs is 2. The Balaban J connectivity index is 0.796. The number of nitrogens with one attached hydrogen (secondary N) is 2. The molecule has 54 heavy (non-hydrogen) atoms. The van der Waals surface area contributed by atoms with Crippen molar-refractivity contribution < 1.29 is 28.7 Å². The van der Waals surface area contributed by atoms with E-state index in [0.717, 1.165) is 81.8 Å². The number of nitriles is 1. The number of imide groups is 2. The third-order valence-electron chi connectivity index (χ3n) is 11.5. The monoisotopic (exact) mass is 748 g/mol. The Morgan fingerprint density at radius 1 is 0.870 bits per heavy atom. The van der Waals surface area contributed by atoms with E-state index in [-0.39, 0.29) is 30.9 Å². The van der Waals surface area contributed by atoms with Crippen LogP contribution in [-0.2, 0) is 22.7 Å². The van der Waals surface area contributed by atoms with Gasteiger partial charge in [0.2, 0.25) is 11.8 Å². The quantitative estimate of drug-likeness (QED) is 0.305. The summed E-state index contributed by atoms with van der Waals surface area (Å²) in [6, 6.07) is 17.7. The molecule has 4 aliphatic heterocycles. The van der Waals surface area contributed by atoms with Gasteiger partial charge in [-0.05, 0) is 104 Å². The molecular weight excluding hydrogens is 708 g/mol. The largest absolute Gasteiger partial charge is 0.490 e. The van der Waals surface area contributed by atoms with Crippen molar-refractivity contribution in [1.29, 1.82) is 5.26 Å². The van der Waals surface area contributed by atoms with E-state index < -0.39 is 29.7 Å². The molecule has 5 amide bonds. The molecule has 0 radical (unpaired) electrons. The summed E-state index contributed by atoms with van der Waals surface area (Å²) in [6.07, 6.45) is 5.52. The van der Waals surface area contributed by atoms with Gasteiger partial charge in [-0.25, -0.2) is 0 Å². The number of amides is 5. The highest BCUT2D eigenvalue weighted by atomic mass is 35.5. The van der Waals surface area contributed by atoms with Crippen LogP contribution in [0.1, 0.15) is 99.1 Å². The van der Waals surface area contributed by atoms with Gasteiger partial charge in [0.25, 0.3) is 17.7 Å². The number of halogens is 1. The molecule has 5 aliphatic rings. The molecular formula is C41H41ClN6O6. The number of benzene rings is 3. The summed E-state index contributed by atoms with van der Waals surface area (Å²) < 4.78 is 6.11. The van der Waals surface area contributed by atoms with Crippen molar-refractivity contribution in [3.63, 3.8) is 0 Å². The minimum Gasteiger partial charge on any atom is -0.490 e. The van der Waals surface area contributed by atoms with E-state index in [1.54, 1.807) is 30.3 Å². The third kappa shape index (κ3) is 7.18. The molecule has 12 nitrogen and oxygen atoms in total. The second-order valence-electron chi connectivity index (χ2n) is 15.1. The average Bonchev–Trinajstić information content (AvgIpc) is 3.68. The van der Waals surface area contributed by atoms with Crippen molar-refractivity contribution in [2.75, 3.05) is 24.5 Å². The lowest BCUT2D eigenvalue weighted by molar-refractivity contribution is -0.136. The molecule has 0 spiro atoms. The lowest BCUT2D eigenvalue weighted by atomic mass is 9.92. The van der Waals surface area contributed by atoms with E-state index in [0.29, 0.717) is 38.9 Å². The van der Waals surface area contributed by atoms with Gasteiger partial charge in [-0.15, -0.1) is 0 Å². The molecule has 1 unspecified atom stereocenters. The molecule has 0 aromatic heterocycles. The van der Waals surface area contributed by atoms with Gasteiger partial charge in [0.1, 0.15) is 17.9 Å². The summed E-state index contributed by atoms with van der Waals surface area (Å²) >= 11 is 6.16. The summed E-state index contributed by atoms with van der Waals surface area (Å²) in [5, 5.41) is 15.0. The maximum absolute atomic E-state index is 13.3. The Labute approximate surface area is 318 Å². The number of ether oxygens (including phenoxy) is 1. The van der Waals surface area contributed by atoms with Crippen molar-refractivity contribution in [1.82, 2.24) is 20.4 Å². The van der Waals surface area contributed by atoms with Crippen LogP contribution < -0.4 is 20.3 Å². The van der Waals surface area contributed by atoms with Gasteiger partial charge >= 0.3 is 0 Å². The Morgan fingerprint density at radius 2 is 1.63 bits per heavy atom. The molecule has 1 aliphatic carbocycles. The van der Waals surface area contributed by atoms with E-state index in [1.807, 2.05) is 18.2 Å². The minimum absolute atomic E-state index is 0.0389. The fourth-order valence-electron chi connectivity index (χ4n) is 8.58. The second kappa shape index (κ2) is 14.9. The Morgan fingerprint density at radius 3 is 2.37 bits per heavy atom. The summed E-state index contributed by atoms with van der Waals surface area (Å²) in [7, 11) is 0.